The first kappa shape index (κ1) is 29.6. The number of nitrogens with one attached hydrogen (secondary N) is 4. The predicted octanol–water partition coefficient (Wildman–Crippen LogP) is 1.87. The molecule has 37 heavy (non-hydrogen) atoms. The largest absolute Gasteiger partial charge is 0.507 e. The molecule has 14 nitrogen and oxygen atoms in total. The Morgan fingerprint density at radius 3 is 2.16 bits per heavy atom. The van der Waals surface area contributed by atoms with Crippen LogP contribution in [0.5, 0.6) is 5.75 Å². The summed E-state index contributed by atoms with van der Waals surface area (Å²) in [6.45, 7) is 9.50. The van der Waals surface area contributed by atoms with Gasteiger partial charge in [0.25, 0.3) is 10.1 Å². The molecule has 2 aromatic carbocycles. The average molecular weight is 556 g/mol. The number of rotatable bonds is 10. The molecule has 0 amide bonds. The van der Waals surface area contributed by atoms with Gasteiger partial charge in [-0.2, -0.15) is 23.4 Å². The summed E-state index contributed by atoms with van der Waals surface area (Å²) in [5.74, 6) is 0.732. The summed E-state index contributed by atoms with van der Waals surface area (Å²) in [4.78, 5) is 12.8. The van der Waals surface area contributed by atoms with E-state index >= 15 is 0 Å². The monoisotopic (exact) mass is 555 g/mol. The Bertz CT molecular complexity index is 1460. The summed E-state index contributed by atoms with van der Waals surface area (Å²) < 4.78 is 58.2. The van der Waals surface area contributed by atoms with Crippen LogP contribution in [0.1, 0.15) is 26.3 Å². The molecule has 6 N–H and O–H groups in total. The third kappa shape index (κ3) is 8.49. The molecule has 0 fully saturated rings. The van der Waals surface area contributed by atoms with Crippen LogP contribution in [0.25, 0.3) is 10.8 Å². The number of hydrogen-bond acceptors (Lipinski definition) is 13. The third-order valence-corrected chi connectivity index (χ3v) is 5.94. The molecule has 1 aromatic heterocycles. The number of anilines is 4. The molecule has 16 heteroatoms. The van der Waals surface area contributed by atoms with Crippen molar-refractivity contribution < 1.29 is 30.7 Å². The lowest BCUT2D eigenvalue weighted by atomic mass is 10.0. The first-order valence-corrected chi connectivity index (χ1v) is 13.5. The van der Waals surface area contributed by atoms with Gasteiger partial charge in [-0.05, 0) is 44.8 Å². The lowest BCUT2D eigenvalue weighted by Gasteiger charge is -2.16. The van der Waals surface area contributed by atoms with Gasteiger partial charge in [0, 0.05) is 30.1 Å². The van der Waals surface area contributed by atoms with Gasteiger partial charge in [0.1, 0.15) is 10.6 Å². The first-order chi connectivity index (χ1) is 17.4. The van der Waals surface area contributed by atoms with Gasteiger partial charge in [-0.1, -0.05) is 19.1 Å². The SMILES string of the molecule is CCNc1nc(NCC(C)NCC)nc(Nc2cccc3cc(S(=O)(=O)O)c(C)c(O)c23)n1.O=S(=O)=O. The van der Waals surface area contributed by atoms with E-state index in [4.69, 9.17) is 12.6 Å². The van der Waals surface area contributed by atoms with Crippen molar-refractivity contribution in [3.63, 3.8) is 0 Å². The molecule has 0 spiro atoms. The second kappa shape index (κ2) is 13.1. The number of benzene rings is 2. The van der Waals surface area contributed by atoms with Crippen LogP contribution in [0.4, 0.5) is 23.5 Å². The second-order valence-corrected chi connectivity index (χ2v) is 9.53. The van der Waals surface area contributed by atoms with E-state index in [1.165, 1.54) is 13.0 Å². The highest BCUT2D eigenvalue weighted by Gasteiger charge is 2.20. The lowest BCUT2D eigenvalue weighted by molar-refractivity contribution is 0.466. The molecule has 1 atom stereocenters. The first-order valence-electron chi connectivity index (χ1n) is 11.1. The van der Waals surface area contributed by atoms with Crippen LogP contribution in [-0.4, -0.2) is 71.3 Å². The van der Waals surface area contributed by atoms with Crippen molar-refractivity contribution in [2.45, 2.75) is 38.6 Å². The number of fused-ring (bicyclic) bond motifs is 1. The minimum atomic E-state index is -4.49. The fourth-order valence-electron chi connectivity index (χ4n) is 3.41. The summed E-state index contributed by atoms with van der Waals surface area (Å²) in [7, 11) is -7.60. The van der Waals surface area contributed by atoms with Crippen LogP contribution in [0, 0.1) is 6.92 Å². The molecule has 0 radical (unpaired) electrons. The van der Waals surface area contributed by atoms with Crippen molar-refractivity contribution in [1.82, 2.24) is 20.3 Å². The molecule has 1 unspecified atom stereocenters. The number of nitrogens with zero attached hydrogens (tertiary/aromatic N) is 3. The van der Waals surface area contributed by atoms with E-state index in [9.17, 15) is 18.1 Å². The number of phenolic OH excluding ortho intramolecular Hbond substituents is 1. The molecule has 3 aromatic rings. The van der Waals surface area contributed by atoms with E-state index in [1.54, 1.807) is 18.2 Å². The Labute approximate surface area is 215 Å². The summed E-state index contributed by atoms with van der Waals surface area (Å²) in [6.07, 6.45) is 0. The van der Waals surface area contributed by atoms with Crippen molar-refractivity contribution in [3.05, 3.63) is 29.8 Å². The van der Waals surface area contributed by atoms with Crippen LogP contribution in [0.15, 0.2) is 29.2 Å². The second-order valence-electron chi connectivity index (χ2n) is 7.73. The van der Waals surface area contributed by atoms with Gasteiger partial charge in [-0.25, -0.2) is 0 Å². The van der Waals surface area contributed by atoms with Crippen LogP contribution < -0.4 is 21.3 Å². The van der Waals surface area contributed by atoms with Gasteiger partial charge in [0.2, 0.25) is 17.8 Å². The van der Waals surface area contributed by atoms with Gasteiger partial charge in [0.15, 0.2) is 0 Å². The van der Waals surface area contributed by atoms with Crippen molar-refractivity contribution in [1.29, 1.82) is 0 Å². The van der Waals surface area contributed by atoms with Crippen LogP contribution in [0.2, 0.25) is 0 Å². The quantitative estimate of drug-likeness (QED) is 0.197. The molecule has 0 bridgehead atoms. The Hall–Kier alpha value is -3.60. The molecule has 1 heterocycles. The number of aromatic nitrogens is 3. The van der Waals surface area contributed by atoms with Gasteiger partial charge < -0.3 is 26.4 Å². The van der Waals surface area contributed by atoms with Crippen molar-refractivity contribution in [2.24, 2.45) is 0 Å². The van der Waals surface area contributed by atoms with E-state index < -0.39 is 20.7 Å². The highest BCUT2D eigenvalue weighted by atomic mass is 32.2. The minimum Gasteiger partial charge on any atom is -0.507 e. The summed E-state index contributed by atoms with van der Waals surface area (Å²) in [5, 5.41) is 24.2. The third-order valence-electron chi connectivity index (χ3n) is 4.96. The smallest absolute Gasteiger partial charge is 0.425 e. The molecule has 202 valence electrons. The highest BCUT2D eigenvalue weighted by molar-refractivity contribution is 7.85. The zero-order valence-electron chi connectivity index (χ0n) is 20.6. The Balaban J connectivity index is 0.00000112. The van der Waals surface area contributed by atoms with Gasteiger partial charge >= 0.3 is 10.6 Å². The summed E-state index contributed by atoms with van der Waals surface area (Å²) >= 11 is 0. The number of hydrogen-bond donors (Lipinski definition) is 6. The molecular weight excluding hydrogens is 526 g/mol. The van der Waals surface area contributed by atoms with Crippen LogP contribution in [-0.2, 0) is 20.7 Å². The fourth-order valence-corrected chi connectivity index (χ4v) is 4.17. The maximum atomic E-state index is 11.7. The number of phenols is 1. The molecular formula is C21H29N7O7S2. The molecule has 3 rings (SSSR count). The topological polar surface area (TPSA) is 213 Å². The summed E-state index contributed by atoms with van der Waals surface area (Å²) in [6, 6.07) is 6.57. The zero-order chi connectivity index (χ0) is 27.8. The number of aromatic hydroxyl groups is 1. The van der Waals surface area contributed by atoms with E-state index in [0.29, 0.717) is 41.4 Å². The zero-order valence-corrected chi connectivity index (χ0v) is 22.2. The van der Waals surface area contributed by atoms with Crippen molar-refractivity contribution in [2.75, 3.05) is 35.6 Å². The lowest BCUT2D eigenvalue weighted by Crippen LogP contribution is -2.32. The summed E-state index contributed by atoms with van der Waals surface area (Å²) in [5.41, 5.74) is 0.513. The molecule has 0 saturated carbocycles. The fraction of sp³-hybridized carbons (Fsp3) is 0.381. The van der Waals surface area contributed by atoms with Gasteiger partial charge in [-0.3, -0.25) is 4.55 Å². The normalized spacial score (nSPS) is 11.8. The predicted molar refractivity (Wildman–Crippen MR) is 139 cm³/mol. The Morgan fingerprint density at radius 2 is 1.59 bits per heavy atom. The average Bonchev–Trinajstić information content (AvgIpc) is 2.79. The minimum absolute atomic E-state index is 0.0444. The maximum absolute atomic E-state index is 11.7. The molecule has 0 aliphatic carbocycles. The van der Waals surface area contributed by atoms with Gasteiger partial charge in [0.05, 0.1) is 5.69 Å². The molecule has 0 aliphatic rings. The van der Waals surface area contributed by atoms with Gasteiger partial charge in [-0.15, -0.1) is 12.6 Å². The Kier molecular flexibility index (Phi) is 10.5. The van der Waals surface area contributed by atoms with E-state index in [1.807, 2.05) is 20.8 Å². The van der Waals surface area contributed by atoms with E-state index in [-0.39, 0.29) is 28.2 Å². The molecule has 0 saturated heterocycles. The maximum Gasteiger partial charge on any atom is 0.425 e. The standard InChI is InChI=1S/C21H29N7O4S.O3S/c1-5-22-12(3)11-24-20-26-19(23-6-2)27-21(28-20)25-15-9-7-8-14-10-16(33(30,31)32)13(4)18(29)17(14)15;1-4(2)3/h7-10,12,22,29H,5-6,11H2,1-4H3,(H,30,31,32)(H3,23,24,25,26,27,28);. The van der Waals surface area contributed by atoms with Crippen molar-refractivity contribution in [3.8, 4) is 5.75 Å². The van der Waals surface area contributed by atoms with Crippen LogP contribution >= 0.6 is 0 Å². The van der Waals surface area contributed by atoms with E-state index in [2.05, 4.69) is 36.2 Å². The number of likely N-dealkylation sites (N-methyl/N-ethyl adjacent to an activating group) is 1. The van der Waals surface area contributed by atoms with Crippen LogP contribution in [0.3, 0.4) is 0 Å². The molecule has 0 aliphatic heterocycles. The highest BCUT2D eigenvalue weighted by Crippen LogP contribution is 2.38. The van der Waals surface area contributed by atoms with E-state index in [0.717, 1.165) is 6.54 Å². The Morgan fingerprint density at radius 1 is 1.00 bits per heavy atom. The van der Waals surface area contributed by atoms with Crippen molar-refractivity contribution >= 4 is 55.0 Å².